The molecule has 1 unspecified atom stereocenters. The van der Waals surface area contributed by atoms with Crippen LogP contribution in [-0.4, -0.2) is 32.4 Å². The van der Waals surface area contributed by atoms with Crippen molar-refractivity contribution in [1.82, 2.24) is 20.3 Å². The molecular weight excluding hydrogens is 397 g/mol. The number of nitrogens with one attached hydrogen (secondary N) is 1. The molecule has 0 saturated carbocycles. The Morgan fingerprint density at radius 1 is 1.29 bits per heavy atom. The summed E-state index contributed by atoms with van der Waals surface area (Å²) >= 11 is 1.46. The van der Waals surface area contributed by atoms with Crippen molar-refractivity contribution >= 4 is 17.2 Å². The maximum atomic E-state index is 12.1. The fourth-order valence-electron chi connectivity index (χ4n) is 2.32. The highest BCUT2D eigenvalue weighted by molar-refractivity contribution is 7.07. The lowest BCUT2D eigenvalue weighted by atomic mass is 10.2. The average molecular weight is 412 g/mol. The van der Waals surface area contributed by atoms with Crippen molar-refractivity contribution in [2.45, 2.75) is 25.6 Å². The van der Waals surface area contributed by atoms with Crippen molar-refractivity contribution < 1.29 is 27.8 Å². The van der Waals surface area contributed by atoms with Crippen LogP contribution in [0.5, 0.6) is 5.75 Å². The van der Waals surface area contributed by atoms with E-state index in [2.05, 4.69) is 20.4 Å². The van der Waals surface area contributed by atoms with Crippen LogP contribution in [0.1, 0.15) is 27.7 Å². The van der Waals surface area contributed by atoms with Crippen LogP contribution in [0.25, 0.3) is 0 Å². The molecule has 0 aliphatic heterocycles. The third kappa shape index (κ3) is 5.54. The highest BCUT2D eigenvalue weighted by Gasteiger charge is 2.30. The molecule has 1 amide bonds. The first kappa shape index (κ1) is 19.8. The van der Waals surface area contributed by atoms with Crippen LogP contribution in [0.4, 0.5) is 13.2 Å². The van der Waals surface area contributed by atoms with Crippen LogP contribution < -0.4 is 10.1 Å². The molecule has 1 aromatic carbocycles. The van der Waals surface area contributed by atoms with E-state index in [9.17, 15) is 23.1 Å². The zero-order valence-electron chi connectivity index (χ0n) is 14.3. The number of carbonyl (C=O) groups is 1. The van der Waals surface area contributed by atoms with Gasteiger partial charge in [-0.3, -0.25) is 4.79 Å². The standard InChI is InChI=1S/C17H15F3N4O3S/c18-17(19,20)27-13-3-1-11(2-4-13)7-21-16(26)14-8-24(23-22-14)9-15(25)12-5-6-28-10-12/h1-6,8,10,15,25H,7,9H2,(H,21,26). The lowest BCUT2D eigenvalue weighted by molar-refractivity contribution is -0.274. The van der Waals surface area contributed by atoms with Gasteiger partial charge in [0.2, 0.25) is 0 Å². The van der Waals surface area contributed by atoms with Gasteiger partial charge in [0.25, 0.3) is 5.91 Å². The Balaban J connectivity index is 1.52. The molecule has 0 aliphatic carbocycles. The normalized spacial score (nSPS) is 12.6. The van der Waals surface area contributed by atoms with Gasteiger partial charge in [-0.05, 0) is 40.1 Å². The predicted octanol–water partition coefficient (Wildman–Crippen LogP) is 2.90. The van der Waals surface area contributed by atoms with Crippen LogP contribution >= 0.6 is 11.3 Å². The summed E-state index contributed by atoms with van der Waals surface area (Å²) in [6.07, 6.45) is -4.11. The number of rotatable bonds is 7. The fourth-order valence-corrected chi connectivity index (χ4v) is 3.03. The van der Waals surface area contributed by atoms with Gasteiger partial charge >= 0.3 is 6.36 Å². The summed E-state index contributed by atoms with van der Waals surface area (Å²) in [5.41, 5.74) is 1.40. The molecule has 0 aliphatic rings. The molecule has 0 bridgehead atoms. The van der Waals surface area contributed by atoms with E-state index in [0.29, 0.717) is 5.56 Å². The van der Waals surface area contributed by atoms with Crippen molar-refractivity contribution in [3.63, 3.8) is 0 Å². The van der Waals surface area contributed by atoms with Gasteiger partial charge in [0.15, 0.2) is 5.69 Å². The predicted molar refractivity (Wildman–Crippen MR) is 93.6 cm³/mol. The van der Waals surface area contributed by atoms with E-state index in [1.54, 1.807) is 6.07 Å². The number of aromatic nitrogens is 3. The second-order valence-corrected chi connectivity index (χ2v) is 6.55. The summed E-state index contributed by atoms with van der Waals surface area (Å²) in [5, 5.41) is 23.9. The number of ether oxygens (including phenoxy) is 1. The highest BCUT2D eigenvalue weighted by atomic mass is 32.1. The minimum atomic E-state index is -4.75. The minimum absolute atomic E-state index is 0.0644. The van der Waals surface area contributed by atoms with E-state index < -0.39 is 18.4 Å². The summed E-state index contributed by atoms with van der Waals surface area (Å²) in [6.45, 7) is 0.243. The number of aliphatic hydroxyl groups excluding tert-OH is 1. The number of nitrogens with zero attached hydrogens (tertiary/aromatic N) is 3. The van der Waals surface area contributed by atoms with Crippen LogP contribution in [0.2, 0.25) is 0 Å². The third-order valence-corrected chi connectivity index (χ3v) is 4.37. The van der Waals surface area contributed by atoms with Gasteiger partial charge in [-0.2, -0.15) is 11.3 Å². The van der Waals surface area contributed by atoms with Crippen LogP contribution in [0.3, 0.4) is 0 Å². The summed E-state index contributed by atoms with van der Waals surface area (Å²) in [7, 11) is 0. The van der Waals surface area contributed by atoms with Gasteiger partial charge in [-0.1, -0.05) is 17.3 Å². The SMILES string of the molecule is O=C(NCc1ccc(OC(F)(F)F)cc1)c1cn(CC(O)c2ccsc2)nn1. The first-order valence-electron chi connectivity index (χ1n) is 8.03. The van der Waals surface area contributed by atoms with Crippen LogP contribution in [0, 0.1) is 0 Å². The molecule has 3 aromatic rings. The van der Waals surface area contributed by atoms with E-state index in [0.717, 1.165) is 17.7 Å². The third-order valence-electron chi connectivity index (χ3n) is 3.67. The quantitative estimate of drug-likeness (QED) is 0.623. The molecule has 28 heavy (non-hydrogen) atoms. The Kier molecular flexibility index (Phi) is 5.95. The monoisotopic (exact) mass is 412 g/mol. The molecule has 2 heterocycles. The van der Waals surface area contributed by atoms with Crippen molar-refractivity contribution in [1.29, 1.82) is 0 Å². The largest absolute Gasteiger partial charge is 0.573 e. The number of amides is 1. The molecule has 1 atom stereocenters. The maximum absolute atomic E-state index is 12.1. The number of aliphatic hydroxyl groups is 1. The molecule has 2 N–H and O–H groups in total. The fraction of sp³-hybridized carbons (Fsp3) is 0.235. The Morgan fingerprint density at radius 3 is 2.68 bits per heavy atom. The molecule has 0 radical (unpaired) electrons. The molecule has 0 spiro atoms. The minimum Gasteiger partial charge on any atom is -0.406 e. The number of hydrogen-bond acceptors (Lipinski definition) is 6. The second-order valence-electron chi connectivity index (χ2n) is 5.77. The van der Waals surface area contributed by atoms with E-state index in [1.165, 1.54) is 34.3 Å². The summed E-state index contributed by atoms with van der Waals surface area (Å²) in [5.74, 6) is -0.832. The number of carbonyl (C=O) groups excluding carboxylic acids is 1. The first-order valence-corrected chi connectivity index (χ1v) is 8.97. The number of halogens is 3. The van der Waals surface area contributed by atoms with Gasteiger partial charge in [-0.25, -0.2) is 4.68 Å². The van der Waals surface area contributed by atoms with Gasteiger partial charge < -0.3 is 15.2 Å². The number of alkyl halides is 3. The van der Waals surface area contributed by atoms with Gasteiger partial charge in [0, 0.05) is 6.54 Å². The molecule has 0 saturated heterocycles. The summed E-state index contributed by atoms with van der Waals surface area (Å²) in [4.78, 5) is 12.1. The summed E-state index contributed by atoms with van der Waals surface area (Å²) < 4.78 is 41.6. The lowest BCUT2D eigenvalue weighted by Gasteiger charge is -2.09. The Bertz CT molecular complexity index is 911. The van der Waals surface area contributed by atoms with Gasteiger partial charge in [0.05, 0.1) is 18.8 Å². The number of thiophene rings is 1. The van der Waals surface area contributed by atoms with Crippen molar-refractivity contribution in [3.05, 3.63) is 64.1 Å². The van der Waals surface area contributed by atoms with E-state index >= 15 is 0 Å². The smallest absolute Gasteiger partial charge is 0.406 e. The van der Waals surface area contributed by atoms with E-state index in [-0.39, 0.29) is 24.5 Å². The Morgan fingerprint density at radius 2 is 2.04 bits per heavy atom. The number of benzene rings is 1. The van der Waals surface area contributed by atoms with Crippen molar-refractivity contribution in [2.75, 3.05) is 0 Å². The number of hydrogen-bond donors (Lipinski definition) is 2. The zero-order valence-corrected chi connectivity index (χ0v) is 15.1. The molecule has 0 fully saturated rings. The molecule has 148 valence electrons. The molecule has 7 nitrogen and oxygen atoms in total. The molecule has 11 heteroatoms. The molecular formula is C17H15F3N4O3S. The van der Waals surface area contributed by atoms with Crippen molar-refractivity contribution in [3.8, 4) is 5.75 Å². The Labute approximate surface area is 161 Å². The lowest BCUT2D eigenvalue weighted by Crippen LogP contribution is -2.23. The Hall–Kier alpha value is -2.92. The molecule has 2 aromatic heterocycles. The van der Waals surface area contributed by atoms with Crippen LogP contribution in [0.15, 0.2) is 47.3 Å². The van der Waals surface area contributed by atoms with Gasteiger partial charge in [0.1, 0.15) is 5.75 Å². The molecule has 3 rings (SSSR count). The van der Waals surface area contributed by atoms with Crippen molar-refractivity contribution in [2.24, 2.45) is 0 Å². The van der Waals surface area contributed by atoms with E-state index in [4.69, 9.17) is 0 Å². The van der Waals surface area contributed by atoms with Gasteiger partial charge in [-0.15, -0.1) is 18.3 Å². The maximum Gasteiger partial charge on any atom is 0.573 e. The summed E-state index contributed by atoms with van der Waals surface area (Å²) in [6, 6.07) is 6.95. The second kappa shape index (κ2) is 8.40. The topological polar surface area (TPSA) is 89.3 Å². The zero-order chi connectivity index (χ0) is 20.1. The highest BCUT2D eigenvalue weighted by Crippen LogP contribution is 2.22. The average Bonchev–Trinajstić information content (AvgIpc) is 3.31. The van der Waals surface area contributed by atoms with Crippen LogP contribution in [-0.2, 0) is 13.1 Å². The first-order chi connectivity index (χ1) is 13.3. The van der Waals surface area contributed by atoms with E-state index in [1.807, 2.05) is 10.8 Å².